The molecule has 18 heavy (non-hydrogen) atoms. The van der Waals surface area contributed by atoms with E-state index in [1.165, 1.54) is 37.1 Å². The Bertz CT molecular complexity index is 348. The fourth-order valence-corrected chi connectivity index (χ4v) is 2.67. The molecule has 0 aromatic heterocycles. The van der Waals surface area contributed by atoms with E-state index in [0.29, 0.717) is 0 Å². The molecule has 0 atom stereocenters. The second-order valence-corrected chi connectivity index (χ2v) is 5.95. The van der Waals surface area contributed by atoms with E-state index in [1.807, 2.05) is 0 Å². The molecule has 0 heterocycles. The number of rotatable bonds is 4. The molecule has 2 nitrogen and oxygen atoms in total. The predicted octanol–water partition coefficient (Wildman–Crippen LogP) is 3.99. The summed E-state index contributed by atoms with van der Waals surface area (Å²) in [6.45, 7) is 3.51. The van der Waals surface area contributed by atoms with Crippen molar-refractivity contribution in [2.24, 2.45) is 11.8 Å². The Morgan fingerprint density at radius 2 is 1.67 bits per heavy atom. The Morgan fingerprint density at radius 3 is 2.22 bits per heavy atom. The summed E-state index contributed by atoms with van der Waals surface area (Å²) in [4.78, 5) is 2.13. The molecule has 1 saturated carbocycles. The normalized spacial score (nSPS) is 23.7. The van der Waals surface area contributed by atoms with Crippen LogP contribution in [0, 0.1) is 11.8 Å². The smallest absolute Gasteiger partial charge is 0.0362 e. The third-order valence-electron chi connectivity index (χ3n) is 4.11. The third-order valence-corrected chi connectivity index (χ3v) is 4.11. The highest BCUT2D eigenvalue weighted by Crippen LogP contribution is 2.28. The van der Waals surface area contributed by atoms with Crippen LogP contribution in [0.5, 0.6) is 0 Å². The van der Waals surface area contributed by atoms with E-state index < -0.39 is 0 Å². The van der Waals surface area contributed by atoms with Crippen molar-refractivity contribution in [1.82, 2.24) is 0 Å². The van der Waals surface area contributed by atoms with E-state index in [2.05, 4.69) is 55.5 Å². The van der Waals surface area contributed by atoms with Crippen LogP contribution in [0.4, 0.5) is 11.4 Å². The summed E-state index contributed by atoms with van der Waals surface area (Å²) in [7, 11) is 4.15. The van der Waals surface area contributed by atoms with Gasteiger partial charge in [-0.05, 0) is 48.9 Å². The van der Waals surface area contributed by atoms with Crippen LogP contribution in [-0.4, -0.2) is 20.6 Å². The fourth-order valence-electron chi connectivity index (χ4n) is 2.67. The molecule has 0 radical (unpaired) electrons. The van der Waals surface area contributed by atoms with Gasteiger partial charge in [0, 0.05) is 32.0 Å². The van der Waals surface area contributed by atoms with Gasteiger partial charge in [0.15, 0.2) is 0 Å². The van der Waals surface area contributed by atoms with Gasteiger partial charge >= 0.3 is 0 Å². The quantitative estimate of drug-likeness (QED) is 0.864. The molecule has 1 aromatic carbocycles. The van der Waals surface area contributed by atoms with Crippen molar-refractivity contribution in [2.75, 3.05) is 30.9 Å². The van der Waals surface area contributed by atoms with Crippen molar-refractivity contribution < 1.29 is 0 Å². The van der Waals surface area contributed by atoms with Gasteiger partial charge in [0.25, 0.3) is 0 Å². The van der Waals surface area contributed by atoms with E-state index in [1.54, 1.807) is 0 Å². The van der Waals surface area contributed by atoms with Crippen molar-refractivity contribution in [2.45, 2.75) is 32.6 Å². The molecule has 2 heteroatoms. The first kappa shape index (κ1) is 13.3. The maximum Gasteiger partial charge on any atom is 0.0362 e. The zero-order valence-corrected chi connectivity index (χ0v) is 11.9. The number of benzene rings is 1. The van der Waals surface area contributed by atoms with E-state index in [0.717, 1.165) is 18.4 Å². The van der Waals surface area contributed by atoms with Crippen molar-refractivity contribution in [3.8, 4) is 0 Å². The summed E-state index contributed by atoms with van der Waals surface area (Å²) in [6.07, 6.45) is 5.60. The van der Waals surface area contributed by atoms with Crippen molar-refractivity contribution in [3.63, 3.8) is 0 Å². The molecule has 0 amide bonds. The summed E-state index contributed by atoms with van der Waals surface area (Å²) < 4.78 is 0. The van der Waals surface area contributed by atoms with Crippen LogP contribution in [0.3, 0.4) is 0 Å². The summed E-state index contributed by atoms with van der Waals surface area (Å²) in [5.74, 6) is 1.82. The molecule has 0 bridgehead atoms. The summed E-state index contributed by atoms with van der Waals surface area (Å²) in [5.41, 5.74) is 2.51. The minimum atomic E-state index is 0.870. The molecule has 1 aromatic rings. The Labute approximate surface area is 111 Å². The number of anilines is 2. The first-order valence-corrected chi connectivity index (χ1v) is 7.16. The fraction of sp³-hybridized carbons (Fsp3) is 0.625. The van der Waals surface area contributed by atoms with Gasteiger partial charge in [0.1, 0.15) is 0 Å². The van der Waals surface area contributed by atoms with Crippen LogP contribution in [0.1, 0.15) is 32.6 Å². The lowest BCUT2D eigenvalue weighted by atomic mass is 9.83. The molecule has 0 spiro atoms. The van der Waals surface area contributed by atoms with Crippen molar-refractivity contribution >= 4 is 11.4 Å². The molecular weight excluding hydrogens is 220 g/mol. The minimum absolute atomic E-state index is 0.870. The van der Waals surface area contributed by atoms with Crippen molar-refractivity contribution in [1.29, 1.82) is 0 Å². The number of nitrogens with zero attached hydrogens (tertiary/aromatic N) is 1. The molecule has 1 aliphatic rings. The van der Waals surface area contributed by atoms with Crippen LogP contribution >= 0.6 is 0 Å². The first-order valence-electron chi connectivity index (χ1n) is 7.16. The van der Waals surface area contributed by atoms with Gasteiger partial charge in [-0.3, -0.25) is 0 Å². The Kier molecular flexibility index (Phi) is 4.51. The molecule has 1 aliphatic carbocycles. The molecule has 2 rings (SSSR count). The molecule has 0 aliphatic heterocycles. The summed E-state index contributed by atoms with van der Waals surface area (Å²) in [5, 5.41) is 3.58. The SMILES string of the molecule is CC1CCC(CNc2ccc(N(C)C)cc2)CC1. The lowest BCUT2D eigenvalue weighted by molar-refractivity contribution is 0.300. The molecule has 1 N–H and O–H groups in total. The topological polar surface area (TPSA) is 15.3 Å². The summed E-state index contributed by atoms with van der Waals surface area (Å²) >= 11 is 0. The predicted molar refractivity (Wildman–Crippen MR) is 80.4 cm³/mol. The van der Waals surface area contributed by atoms with Gasteiger partial charge in [-0.2, -0.15) is 0 Å². The highest BCUT2D eigenvalue weighted by molar-refractivity contribution is 5.54. The van der Waals surface area contributed by atoms with E-state index in [9.17, 15) is 0 Å². The molecule has 0 unspecified atom stereocenters. The van der Waals surface area contributed by atoms with Crippen LogP contribution in [0.15, 0.2) is 24.3 Å². The van der Waals surface area contributed by atoms with Gasteiger partial charge in [0.2, 0.25) is 0 Å². The van der Waals surface area contributed by atoms with Crippen LogP contribution in [0.25, 0.3) is 0 Å². The third kappa shape index (κ3) is 3.66. The zero-order valence-electron chi connectivity index (χ0n) is 11.9. The second-order valence-electron chi connectivity index (χ2n) is 5.95. The molecule has 100 valence electrons. The van der Waals surface area contributed by atoms with Gasteiger partial charge in [-0.15, -0.1) is 0 Å². The monoisotopic (exact) mass is 246 g/mol. The van der Waals surface area contributed by atoms with Gasteiger partial charge < -0.3 is 10.2 Å². The lowest BCUT2D eigenvalue weighted by Crippen LogP contribution is -2.20. The lowest BCUT2D eigenvalue weighted by Gasteiger charge is -2.26. The number of hydrogen-bond donors (Lipinski definition) is 1. The average molecular weight is 246 g/mol. The van der Waals surface area contributed by atoms with Crippen LogP contribution in [-0.2, 0) is 0 Å². The highest BCUT2D eigenvalue weighted by Gasteiger charge is 2.17. The molecular formula is C16H26N2. The maximum atomic E-state index is 3.58. The van der Waals surface area contributed by atoms with Crippen LogP contribution in [0.2, 0.25) is 0 Å². The standard InChI is InChI=1S/C16H26N2/c1-13-4-6-14(7-5-13)12-17-15-8-10-16(11-9-15)18(2)3/h8-11,13-14,17H,4-7,12H2,1-3H3. The molecule has 0 saturated heterocycles. The Balaban J connectivity index is 1.79. The van der Waals surface area contributed by atoms with Crippen molar-refractivity contribution in [3.05, 3.63) is 24.3 Å². The largest absolute Gasteiger partial charge is 0.385 e. The van der Waals surface area contributed by atoms with Gasteiger partial charge in [-0.25, -0.2) is 0 Å². The Morgan fingerprint density at radius 1 is 1.06 bits per heavy atom. The highest BCUT2D eigenvalue weighted by atomic mass is 15.1. The van der Waals surface area contributed by atoms with E-state index >= 15 is 0 Å². The zero-order chi connectivity index (χ0) is 13.0. The Hall–Kier alpha value is -1.18. The van der Waals surface area contributed by atoms with Crippen LogP contribution < -0.4 is 10.2 Å². The summed E-state index contributed by atoms with van der Waals surface area (Å²) in [6, 6.07) is 8.71. The van der Waals surface area contributed by atoms with Gasteiger partial charge in [0.05, 0.1) is 0 Å². The second kappa shape index (κ2) is 6.12. The molecule has 1 fully saturated rings. The number of nitrogens with one attached hydrogen (secondary N) is 1. The first-order chi connectivity index (χ1) is 8.65. The van der Waals surface area contributed by atoms with E-state index in [-0.39, 0.29) is 0 Å². The van der Waals surface area contributed by atoms with Gasteiger partial charge in [-0.1, -0.05) is 19.8 Å². The minimum Gasteiger partial charge on any atom is -0.385 e. The van der Waals surface area contributed by atoms with E-state index in [4.69, 9.17) is 0 Å². The number of hydrogen-bond acceptors (Lipinski definition) is 2. The average Bonchev–Trinajstić information content (AvgIpc) is 2.38. The maximum absolute atomic E-state index is 3.58.